The molecule has 3 rings (SSSR count). The molecule has 1 aliphatic heterocycles. The number of nitrogens with one attached hydrogen (secondary N) is 1. The van der Waals surface area contributed by atoms with E-state index >= 15 is 0 Å². The molecule has 5 heteroatoms. The second kappa shape index (κ2) is 5.26. The Labute approximate surface area is 125 Å². The summed E-state index contributed by atoms with van der Waals surface area (Å²) in [6.45, 7) is 2.02. The molecule has 20 heavy (non-hydrogen) atoms. The Hall–Kier alpha value is -1.85. The van der Waals surface area contributed by atoms with E-state index in [1.54, 1.807) is 18.2 Å². The number of hydroxylamine groups is 1. The highest BCUT2D eigenvalue weighted by molar-refractivity contribution is 9.10. The monoisotopic (exact) mass is 332 g/mol. The Balaban J connectivity index is 1.96. The van der Waals surface area contributed by atoms with E-state index in [0.29, 0.717) is 11.4 Å². The molecular weight excluding hydrogens is 320 g/mol. The molecule has 2 aromatic carbocycles. The number of benzene rings is 2. The van der Waals surface area contributed by atoms with Gasteiger partial charge in [0.2, 0.25) is 6.23 Å². The second-order valence-electron chi connectivity index (χ2n) is 4.57. The molecular formula is C15H13BrN2O2. The minimum absolute atomic E-state index is 0.162. The third-order valence-electron chi connectivity index (χ3n) is 3.17. The highest BCUT2D eigenvalue weighted by Gasteiger charge is 2.24. The third-order valence-corrected chi connectivity index (χ3v) is 3.66. The number of halogens is 1. The normalized spacial score (nSPS) is 17.7. The molecule has 2 aromatic rings. The number of phenols is 1. The van der Waals surface area contributed by atoms with Gasteiger partial charge in [-0.05, 0) is 30.7 Å². The Morgan fingerprint density at radius 2 is 2.05 bits per heavy atom. The molecule has 0 saturated heterocycles. The van der Waals surface area contributed by atoms with E-state index in [9.17, 15) is 5.11 Å². The zero-order valence-corrected chi connectivity index (χ0v) is 12.4. The summed E-state index contributed by atoms with van der Waals surface area (Å²) in [6.07, 6.45) is -0.554. The van der Waals surface area contributed by atoms with E-state index in [2.05, 4.69) is 26.4 Å². The molecule has 0 radical (unpaired) electrons. The quantitative estimate of drug-likeness (QED) is 0.885. The fraction of sp³-hybridized carbons (Fsp3) is 0.133. The molecule has 4 nitrogen and oxygen atoms in total. The molecule has 0 bridgehead atoms. The molecule has 1 unspecified atom stereocenters. The number of rotatable bonds is 2. The first-order valence-electron chi connectivity index (χ1n) is 6.19. The van der Waals surface area contributed by atoms with Crippen LogP contribution >= 0.6 is 15.9 Å². The maximum atomic E-state index is 9.91. The molecule has 0 spiro atoms. The zero-order valence-electron chi connectivity index (χ0n) is 10.8. The average molecular weight is 333 g/mol. The van der Waals surface area contributed by atoms with Crippen molar-refractivity contribution in [3.63, 3.8) is 0 Å². The van der Waals surface area contributed by atoms with Crippen LogP contribution in [-0.4, -0.2) is 10.9 Å². The molecule has 0 fully saturated rings. The Morgan fingerprint density at radius 1 is 1.25 bits per heavy atom. The Kier molecular flexibility index (Phi) is 3.46. The van der Waals surface area contributed by atoms with Gasteiger partial charge in [0.1, 0.15) is 5.75 Å². The van der Waals surface area contributed by atoms with Gasteiger partial charge in [-0.15, -0.1) is 0 Å². The van der Waals surface area contributed by atoms with Gasteiger partial charge in [0.25, 0.3) is 0 Å². The van der Waals surface area contributed by atoms with Crippen molar-refractivity contribution in [3.8, 4) is 5.75 Å². The summed E-state index contributed by atoms with van der Waals surface area (Å²) in [5.74, 6) is 0.835. The predicted octanol–water partition coefficient (Wildman–Crippen LogP) is 3.44. The molecule has 1 heterocycles. The summed E-state index contributed by atoms with van der Waals surface area (Å²) in [7, 11) is 0. The third kappa shape index (κ3) is 2.42. The first-order valence-corrected chi connectivity index (χ1v) is 6.98. The van der Waals surface area contributed by atoms with Gasteiger partial charge in [0.05, 0.1) is 0 Å². The van der Waals surface area contributed by atoms with Crippen LogP contribution in [0.15, 0.2) is 51.9 Å². The van der Waals surface area contributed by atoms with Crippen LogP contribution in [0.25, 0.3) is 0 Å². The maximum absolute atomic E-state index is 9.91. The van der Waals surface area contributed by atoms with Crippen LogP contribution in [0.4, 0.5) is 0 Å². The van der Waals surface area contributed by atoms with Gasteiger partial charge in [0.15, 0.2) is 5.84 Å². The standard InChI is InChI=1S/C15H13BrN2O2/c1-9-4-2-3-5-11(9)14-17-15(20-18-14)12-8-10(16)6-7-13(12)19/h2-8,15,19H,1H3,(H,17,18). The van der Waals surface area contributed by atoms with Gasteiger partial charge in [-0.3, -0.25) is 0 Å². The maximum Gasteiger partial charge on any atom is 0.206 e. The number of amidine groups is 1. The summed E-state index contributed by atoms with van der Waals surface area (Å²) in [4.78, 5) is 9.96. The van der Waals surface area contributed by atoms with E-state index in [1.165, 1.54) is 0 Å². The lowest BCUT2D eigenvalue weighted by atomic mass is 10.1. The number of phenolic OH excluding ortho intramolecular Hbond substituents is 1. The minimum atomic E-state index is -0.554. The topological polar surface area (TPSA) is 53.9 Å². The van der Waals surface area contributed by atoms with Crippen LogP contribution in [0.2, 0.25) is 0 Å². The zero-order chi connectivity index (χ0) is 14.1. The lowest BCUT2D eigenvalue weighted by molar-refractivity contribution is 0.0362. The smallest absolute Gasteiger partial charge is 0.206 e. The van der Waals surface area contributed by atoms with Crippen molar-refractivity contribution in [3.05, 3.63) is 63.6 Å². The van der Waals surface area contributed by atoms with Crippen molar-refractivity contribution in [2.24, 2.45) is 4.99 Å². The number of aromatic hydroxyl groups is 1. The van der Waals surface area contributed by atoms with Crippen LogP contribution in [0, 0.1) is 6.92 Å². The Bertz CT molecular complexity index is 685. The number of hydrogen-bond acceptors (Lipinski definition) is 4. The van der Waals surface area contributed by atoms with Crippen LogP contribution in [-0.2, 0) is 4.84 Å². The Morgan fingerprint density at radius 3 is 2.85 bits per heavy atom. The average Bonchev–Trinajstić information content (AvgIpc) is 2.91. The van der Waals surface area contributed by atoms with Crippen molar-refractivity contribution in [2.45, 2.75) is 13.2 Å². The number of aliphatic imine (C=N–C) groups is 1. The minimum Gasteiger partial charge on any atom is -0.507 e. The second-order valence-corrected chi connectivity index (χ2v) is 5.48. The molecule has 0 amide bonds. The van der Waals surface area contributed by atoms with Gasteiger partial charge in [0, 0.05) is 15.6 Å². The molecule has 0 saturated carbocycles. The van der Waals surface area contributed by atoms with Gasteiger partial charge >= 0.3 is 0 Å². The highest BCUT2D eigenvalue weighted by atomic mass is 79.9. The van der Waals surface area contributed by atoms with E-state index in [1.807, 2.05) is 31.2 Å². The summed E-state index contributed by atoms with van der Waals surface area (Å²) >= 11 is 3.38. The SMILES string of the molecule is Cc1ccccc1C1=NC(c2cc(Br)ccc2O)ON1. The van der Waals surface area contributed by atoms with E-state index in [4.69, 9.17) is 4.84 Å². The van der Waals surface area contributed by atoms with E-state index in [0.717, 1.165) is 15.6 Å². The lowest BCUT2D eigenvalue weighted by Gasteiger charge is -2.08. The first kappa shape index (κ1) is 13.1. The number of aryl methyl sites for hydroxylation is 1. The number of nitrogens with zero attached hydrogens (tertiary/aromatic N) is 1. The summed E-state index contributed by atoms with van der Waals surface area (Å²) in [5.41, 5.74) is 5.56. The summed E-state index contributed by atoms with van der Waals surface area (Å²) < 4.78 is 0.869. The van der Waals surface area contributed by atoms with E-state index < -0.39 is 6.23 Å². The largest absolute Gasteiger partial charge is 0.507 e. The van der Waals surface area contributed by atoms with Gasteiger partial charge < -0.3 is 5.11 Å². The van der Waals surface area contributed by atoms with Crippen LogP contribution in [0.5, 0.6) is 5.75 Å². The fourth-order valence-electron chi connectivity index (χ4n) is 2.10. The van der Waals surface area contributed by atoms with Crippen LogP contribution in [0.1, 0.15) is 22.9 Å². The predicted molar refractivity (Wildman–Crippen MR) is 80.5 cm³/mol. The molecule has 1 atom stereocenters. The van der Waals surface area contributed by atoms with Gasteiger partial charge in [-0.25, -0.2) is 15.3 Å². The van der Waals surface area contributed by atoms with Crippen molar-refractivity contribution < 1.29 is 9.94 Å². The van der Waals surface area contributed by atoms with Crippen molar-refractivity contribution in [1.29, 1.82) is 0 Å². The van der Waals surface area contributed by atoms with Gasteiger partial charge in [-0.1, -0.05) is 40.2 Å². The molecule has 102 valence electrons. The fourth-order valence-corrected chi connectivity index (χ4v) is 2.48. The molecule has 0 aliphatic carbocycles. The highest BCUT2D eigenvalue weighted by Crippen LogP contribution is 2.32. The van der Waals surface area contributed by atoms with E-state index in [-0.39, 0.29) is 5.75 Å². The van der Waals surface area contributed by atoms with Crippen molar-refractivity contribution >= 4 is 21.8 Å². The lowest BCUT2D eigenvalue weighted by Crippen LogP contribution is -2.19. The van der Waals surface area contributed by atoms with Crippen LogP contribution in [0.3, 0.4) is 0 Å². The van der Waals surface area contributed by atoms with Crippen LogP contribution < -0.4 is 5.48 Å². The number of hydrogen-bond donors (Lipinski definition) is 2. The van der Waals surface area contributed by atoms with Crippen molar-refractivity contribution in [2.75, 3.05) is 0 Å². The molecule has 2 N–H and O–H groups in total. The molecule has 0 aromatic heterocycles. The van der Waals surface area contributed by atoms with Crippen molar-refractivity contribution in [1.82, 2.24) is 5.48 Å². The van der Waals surface area contributed by atoms with Gasteiger partial charge in [-0.2, -0.15) is 0 Å². The first-order chi connectivity index (χ1) is 9.65. The molecule has 1 aliphatic rings. The summed E-state index contributed by atoms with van der Waals surface area (Å²) in [5, 5.41) is 9.91. The summed E-state index contributed by atoms with van der Waals surface area (Å²) in [6, 6.07) is 13.1.